The van der Waals surface area contributed by atoms with E-state index < -0.39 is 34.1 Å². The molecule has 0 bridgehead atoms. The fraction of sp³-hybridized carbons (Fsp3) is 0.297. The summed E-state index contributed by atoms with van der Waals surface area (Å²) in [4.78, 5) is 30.2. The predicted molar refractivity (Wildman–Crippen MR) is 188 cm³/mol. The van der Waals surface area contributed by atoms with Crippen LogP contribution in [-0.2, 0) is 32.6 Å². The molecule has 4 aromatic carbocycles. The summed E-state index contributed by atoms with van der Waals surface area (Å²) in [6.45, 7) is 10.9. The van der Waals surface area contributed by atoms with Gasteiger partial charge in [-0.15, -0.1) is 0 Å². The van der Waals surface area contributed by atoms with Gasteiger partial charge in [0, 0.05) is 23.0 Å². The van der Waals surface area contributed by atoms with Gasteiger partial charge in [-0.25, -0.2) is 8.42 Å². The van der Waals surface area contributed by atoms with Crippen LogP contribution in [0.4, 0.5) is 5.69 Å². The molecular weight excluding hydrogens is 662 g/mol. The lowest BCUT2D eigenvalue weighted by atomic mass is 10.0. The molecular formula is C37H42BrN3O4S. The van der Waals surface area contributed by atoms with E-state index in [4.69, 9.17) is 0 Å². The highest BCUT2D eigenvalue weighted by Gasteiger charge is 2.36. The number of aryl methyl sites for hydroxylation is 3. The van der Waals surface area contributed by atoms with E-state index in [-0.39, 0.29) is 23.8 Å². The third kappa shape index (κ3) is 9.07. The number of amides is 2. The van der Waals surface area contributed by atoms with Gasteiger partial charge in [-0.05, 0) is 88.6 Å². The van der Waals surface area contributed by atoms with Gasteiger partial charge in [-0.2, -0.15) is 0 Å². The first kappa shape index (κ1) is 34.9. The van der Waals surface area contributed by atoms with Crippen molar-refractivity contribution in [1.29, 1.82) is 0 Å². The summed E-state index contributed by atoms with van der Waals surface area (Å²) < 4.78 is 30.6. The van der Waals surface area contributed by atoms with E-state index in [9.17, 15) is 18.0 Å². The maximum absolute atomic E-state index is 14.6. The lowest BCUT2D eigenvalue weighted by Crippen LogP contribution is -2.56. The summed E-state index contributed by atoms with van der Waals surface area (Å²) in [7, 11) is -4.17. The van der Waals surface area contributed by atoms with Crippen LogP contribution in [0.5, 0.6) is 0 Å². The summed E-state index contributed by atoms with van der Waals surface area (Å²) in [5, 5.41) is 3.06. The topological polar surface area (TPSA) is 86.8 Å². The zero-order valence-corrected chi connectivity index (χ0v) is 29.7. The van der Waals surface area contributed by atoms with E-state index in [1.807, 2.05) is 108 Å². The number of halogens is 1. The minimum atomic E-state index is -4.17. The van der Waals surface area contributed by atoms with E-state index >= 15 is 0 Å². The summed E-state index contributed by atoms with van der Waals surface area (Å²) in [5.41, 5.74) is 4.14. The molecule has 0 unspecified atom stereocenters. The van der Waals surface area contributed by atoms with Gasteiger partial charge < -0.3 is 10.2 Å². The molecule has 0 radical (unpaired) electrons. The van der Waals surface area contributed by atoms with Gasteiger partial charge in [0.15, 0.2) is 0 Å². The molecule has 46 heavy (non-hydrogen) atoms. The van der Waals surface area contributed by atoms with Crippen molar-refractivity contribution in [3.63, 3.8) is 0 Å². The molecule has 0 aliphatic carbocycles. The molecule has 4 aromatic rings. The van der Waals surface area contributed by atoms with Gasteiger partial charge in [0.05, 0.1) is 10.6 Å². The van der Waals surface area contributed by atoms with Gasteiger partial charge in [0.2, 0.25) is 11.8 Å². The van der Waals surface area contributed by atoms with Crippen molar-refractivity contribution in [1.82, 2.24) is 10.2 Å². The molecule has 9 heteroatoms. The monoisotopic (exact) mass is 703 g/mol. The molecule has 0 heterocycles. The maximum Gasteiger partial charge on any atom is 0.264 e. The highest BCUT2D eigenvalue weighted by molar-refractivity contribution is 9.10. The summed E-state index contributed by atoms with van der Waals surface area (Å²) in [5.74, 6) is -0.815. The number of benzene rings is 4. The van der Waals surface area contributed by atoms with E-state index in [2.05, 4.69) is 21.2 Å². The van der Waals surface area contributed by atoms with Crippen LogP contribution in [0.15, 0.2) is 106 Å². The number of anilines is 1. The summed E-state index contributed by atoms with van der Waals surface area (Å²) in [6.07, 6.45) is 0.249. The second-order valence-corrected chi connectivity index (χ2v) is 15.5. The largest absolute Gasteiger partial charge is 0.350 e. The molecule has 0 fully saturated rings. The molecule has 0 aliphatic heterocycles. The highest BCUT2D eigenvalue weighted by Crippen LogP contribution is 2.29. The van der Waals surface area contributed by atoms with Gasteiger partial charge in [-0.1, -0.05) is 93.8 Å². The van der Waals surface area contributed by atoms with Crippen LogP contribution in [0.1, 0.15) is 48.6 Å². The zero-order valence-electron chi connectivity index (χ0n) is 27.2. The Kier molecular flexibility index (Phi) is 11.1. The van der Waals surface area contributed by atoms with Gasteiger partial charge >= 0.3 is 0 Å². The zero-order chi connectivity index (χ0) is 33.6. The van der Waals surface area contributed by atoms with E-state index in [1.165, 1.54) is 9.21 Å². The molecule has 0 saturated carbocycles. The molecule has 0 aromatic heterocycles. The van der Waals surface area contributed by atoms with Crippen molar-refractivity contribution < 1.29 is 18.0 Å². The quantitative estimate of drug-likeness (QED) is 0.180. The van der Waals surface area contributed by atoms with E-state index in [0.29, 0.717) is 11.3 Å². The molecule has 0 aliphatic rings. The minimum absolute atomic E-state index is 0.0802. The van der Waals surface area contributed by atoms with Crippen LogP contribution in [0.25, 0.3) is 0 Å². The van der Waals surface area contributed by atoms with Gasteiger partial charge in [0.1, 0.15) is 12.6 Å². The number of rotatable bonds is 11. The SMILES string of the molecule is Cc1ccc(S(=O)(=O)N(CC(=O)N(Cc2ccc(Br)cc2)[C@H](Cc2ccccc2)C(=O)NC(C)(C)C)c2ccc(C)cc2C)cc1. The number of nitrogens with one attached hydrogen (secondary N) is 1. The lowest BCUT2D eigenvalue weighted by Gasteiger charge is -2.35. The first-order valence-corrected chi connectivity index (χ1v) is 17.4. The van der Waals surface area contributed by atoms with Crippen LogP contribution >= 0.6 is 15.9 Å². The number of nitrogens with zero attached hydrogens (tertiary/aromatic N) is 2. The lowest BCUT2D eigenvalue weighted by molar-refractivity contribution is -0.140. The normalized spacial score (nSPS) is 12.3. The van der Waals surface area contributed by atoms with Crippen LogP contribution in [0.2, 0.25) is 0 Å². The first-order valence-electron chi connectivity index (χ1n) is 15.2. The standard InChI is InChI=1S/C37H42BrN3O4S/c1-26-12-19-32(20-13-26)46(44,45)41(33-21-14-27(2)22-28(33)3)25-35(42)40(24-30-15-17-31(38)18-16-30)34(36(43)39-37(4,5)6)23-29-10-8-7-9-11-29/h7-22,34H,23-25H2,1-6H3,(H,39,43)/t34-/m1/s1. The van der Waals surface area contributed by atoms with Crippen molar-refractivity contribution >= 4 is 43.5 Å². The van der Waals surface area contributed by atoms with Gasteiger partial charge in [0.25, 0.3) is 10.0 Å². The van der Waals surface area contributed by atoms with Crippen molar-refractivity contribution in [2.75, 3.05) is 10.8 Å². The molecule has 0 spiro atoms. The molecule has 0 saturated heterocycles. The Hall–Kier alpha value is -3.95. The third-order valence-electron chi connectivity index (χ3n) is 7.54. The van der Waals surface area contributed by atoms with Crippen LogP contribution in [0.3, 0.4) is 0 Å². The third-order valence-corrected chi connectivity index (χ3v) is 9.85. The molecule has 7 nitrogen and oxygen atoms in total. The number of hydrogen-bond acceptors (Lipinski definition) is 4. The Bertz CT molecular complexity index is 1770. The van der Waals surface area contributed by atoms with Crippen molar-refractivity contribution in [3.8, 4) is 0 Å². The van der Waals surface area contributed by atoms with Gasteiger partial charge in [-0.3, -0.25) is 13.9 Å². The fourth-order valence-corrected chi connectivity index (χ4v) is 6.97. The number of carbonyl (C=O) groups is 2. The van der Waals surface area contributed by atoms with Crippen molar-refractivity contribution in [3.05, 3.63) is 129 Å². The molecule has 242 valence electrons. The van der Waals surface area contributed by atoms with E-state index in [0.717, 1.165) is 26.7 Å². The molecule has 1 N–H and O–H groups in total. The number of sulfonamides is 1. The second kappa shape index (κ2) is 14.6. The smallest absolute Gasteiger partial charge is 0.264 e. The first-order chi connectivity index (χ1) is 21.6. The summed E-state index contributed by atoms with van der Waals surface area (Å²) in [6, 6.07) is 28.2. The Morgan fingerprint density at radius 3 is 2.00 bits per heavy atom. The molecule has 2 amide bonds. The number of carbonyl (C=O) groups excluding carboxylic acids is 2. The van der Waals surface area contributed by atoms with Crippen LogP contribution in [0, 0.1) is 20.8 Å². The average Bonchev–Trinajstić information content (AvgIpc) is 2.98. The molecule has 4 rings (SSSR count). The average molecular weight is 705 g/mol. The Balaban J connectivity index is 1.84. The Morgan fingerprint density at radius 1 is 0.804 bits per heavy atom. The second-order valence-electron chi connectivity index (χ2n) is 12.7. The minimum Gasteiger partial charge on any atom is -0.350 e. The molecule has 1 atom stereocenters. The predicted octanol–water partition coefficient (Wildman–Crippen LogP) is 7.12. The van der Waals surface area contributed by atoms with Crippen LogP contribution < -0.4 is 9.62 Å². The van der Waals surface area contributed by atoms with Crippen molar-refractivity contribution in [2.24, 2.45) is 0 Å². The van der Waals surface area contributed by atoms with Crippen molar-refractivity contribution in [2.45, 2.75) is 71.0 Å². The maximum atomic E-state index is 14.6. The van der Waals surface area contributed by atoms with Crippen LogP contribution in [-0.4, -0.2) is 43.3 Å². The number of hydrogen-bond donors (Lipinski definition) is 1. The highest BCUT2D eigenvalue weighted by atomic mass is 79.9. The fourth-order valence-electron chi connectivity index (χ4n) is 5.23. The Labute approximate surface area is 281 Å². The summed E-state index contributed by atoms with van der Waals surface area (Å²) >= 11 is 3.47. The Morgan fingerprint density at radius 2 is 1.41 bits per heavy atom. The van der Waals surface area contributed by atoms with E-state index in [1.54, 1.807) is 30.3 Å².